The second-order valence-electron chi connectivity index (χ2n) is 5.35. The molecule has 0 atom stereocenters. The first-order chi connectivity index (χ1) is 11.1. The Morgan fingerprint density at radius 1 is 1.09 bits per heavy atom. The highest BCUT2D eigenvalue weighted by Crippen LogP contribution is 2.13. The fourth-order valence-corrected chi connectivity index (χ4v) is 2.19. The molecule has 1 amide bonds. The van der Waals surface area contributed by atoms with Crippen LogP contribution in [-0.4, -0.2) is 17.6 Å². The van der Waals surface area contributed by atoms with Gasteiger partial charge in [0.15, 0.2) is 0 Å². The predicted molar refractivity (Wildman–Crippen MR) is 89.1 cm³/mol. The zero-order chi connectivity index (χ0) is 16.7. The first-order valence-electron chi connectivity index (χ1n) is 7.49. The number of aliphatic hydroxyl groups excluding tert-OH is 1. The number of aliphatic hydroxyl groups is 1. The van der Waals surface area contributed by atoms with Gasteiger partial charge in [-0.2, -0.15) is 0 Å². The van der Waals surface area contributed by atoms with Crippen LogP contribution in [0.1, 0.15) is 23.6 Å². The molecule has 0 aliphatic heterocycles. The van der Waals surface area contributed by atoms with E-state index >= 15 is 0 Å². The summed E-state index contributed by atoms with van der Waals surface area (Å²) in [7, 11) is 0. The molecule has 2 N–H and O–H groups in total. The van der Waals surface area contributed by atoms with E-state index in [9.17, 15) is 9.18 Å². The lowest BCUT2D eigenvalue weighted by Crippen LogP contribution is -2.23. The number of amides is 1. The number of carbonyl (C=O) groups is 1. The molecule has 0 unspecified atom stereocenters. The van der Waals surface area contributed by atoms with Crippen LogP contribution in [-0.2, 0) is 17.8 Å². The van der Waals surface area contributed by atoms with E-state index in [1.807, 2.05) is 31.2 Å². The van der Waals surface area contributed by atoms with Crippen LogP contribution in [0.25, 0.3) is 5.57 Å². The van der Waals surface area contributed by atoms with Crippen molar-refractivity contribution in [1.29, 1.82) is 0 Å². The third-order valence-electron chi connectivity index (χ3n) is 3.57. The maximum atomic E-state index is 12.9. The summed E-state index contributed by atoms with van der Waals surface area (Å²) in [4.78, 5) is 11.9. The zero-order valence-corrected chi connectivity index (χ0v) is 13.1. The van der Waals surface area contributed by atoms with Gasteiger partial charge in [-0.1, -0.05) is 36.4 Å². The maximum Gasteiger partial charge on any atom is 0.244 e. The van der Waals surface area contributed by atoms with Crippen molar-refractivity contribution in [3.63, 3.8) is 0 Å². The highest BCUT2D eigenvalue weighted by atomic mass is 19.1. The number of hydrogen-bond acceptors (Lipinski definition) is 2. The number of carbonyl (C=O) groups excluding carboxylic acids is 1. The van der Waals surface area contributed by atoms with Crippen LogP contribution in [0.2, 0.25) is 0 Å². The van der Waals surface area contributed by atoms with Crippen molar-refractivity contribution < 1.29 is 14.3 Å². The smallest absolute Gasteiger partial charge is 0.244 e. The summed E-state index contributed by atoms with van der Waals surface area (Å²) < 4.78 is 12.9. The van der Waals surface area contributed by atoms with Gasteiger partial charge in [0.2, 0.25) is 5.91 Å². The molecule has 120 valence electrons. The third kappa shape index (κ3) is 5.34. The first-order valence-corrected chi connectivity index (χ1v) is 7.49. The Kier molecular flexibility index (Phi) is 6.06. The second kappa shape index (κ2) is 8.25. The molecule has 0 radical (unpaired) electrons. The minimum Gasteiger partial charge on any atom is -0.392 e. The van der Waals surface area contributed by atoms with E-state index in [4.69, 9.17) is 5.11 Å². The van der Waals surface area contributed by atoms with Gasteiger partial charge in [0.1, 0.15) is 5.82 Å². The molecule has 4 heteroatoms. The topological polar surface area (TPSA) is 49.3 Å². The van der Waals surface area contributed by atoms with E-state index in [0.717, 1.165) is 28.7 Å². The molecule has 0 heterocycles. The number of allylic oxidation sites excluding steroid dienone is 1. The van der Waals surface area contributed by atoms with E-state index in [2.05, 4.69) is 5.32 Å². The van der Waals surface area contributed by atoms with Crippen molar-refractivity contribution in [3.05, 3.63) is 77.1 Å². The molecule has 23 heavy (non-hydrogen) atoms. The maximum absolute atomic E-state index is 12.9. The minimum atomic E-state index is -0.293. The zero-order valence-electron chi connectivity index (χ0n) is 13.1. The minimum absolute atomic E-state index is 0.0322. The van der Waals surface area contributed by atoms with Crippen LogP contribution in [0.3, 0.4) is 0 Å². The van der Waals surface area contributed by atoms with Crippen molar-refractivity contribution in [3.8, 4) is 0 Å². The van der Waals surface area contributed by atoms with Crippen molar-refractivity contribution in [2.75, 3.05) is 6.54 Å². The molecule has 0 spiro atoms. The summed E-state index contributed by atoms with van der Waals surface area (Å²) in [6.07, 6.45) is 2.24. The lowest BCUT2D eigenvalue weighted by atomic mass is 10.1. The summed E-state index contributed by atoms with van der Waals surface area (Å²) in [5.41, 5.74) is 3.58. The fraction of sp³-hybridized carbons (Fsp3) is 0.211. The monoisotopic (exact) mass is 313 g/mol. The van der Waals surface area contributed by atoms with Crippen LogP contribution in [0.15, 0.2) is 54.6 Å². The van der Waals surface area contributed by atoms with Gasteiger partial charge >= 0.3 is 0 Å². The molecule has 0 saturated carbocycles. The van der Waals surface area contributed by atoms with Gasteiger partial charge in [-0.25, -0.2) is 4.39 Å². The van der Waals surface area contributed by atoms with E-state index < -0.39 is 0 Å². The lowest BCUT2D eigenvalue weighted by Gasteiger charge is -2.05. The molecule has 0 saturated heterocycles. The Bertz CT molecular complexity index is 676. The standard InChI is InChI=1S/C19H20FNO2/c1-14(17-6-8-18(20)9-7-17)12-19(23)21-11-10-15-2-4-16(13-22)5-3-15/h2-9,12,22H,10-11,13H2,1H3,(H,21,23)/b14-12-. The number of nitrogens with one attached hydrogen (secondary N) is 1. The second-order valence-corrected chi connectivity index (χ2v) is 5.35. The van der Waals surface area contributed by atoms with Gasteiger partial charge in [-0.15, -0.1) is 0 Å². The van der Waals surface area contributed by atoms with Crippen molar-refractivity contribution >= 4 is 11.5 Å². The SMILES string of the molecule is C/C(=C/C(=O)NCCc1ccc(CO)cc1)c1ccc(F)cc1. The molecule has 2 aromatic carbocycles. The molecule has 0 fully saturated rings. The van der Waals surface area contributed by atoms with Crippen molar-refractivity contribution in [2.24, 2.45) is 0 Å². The normalized spacial score (nSPS) is 11.3. The van der Waals surface area contributed by atoms with E-state index in [1.54, 1.807) is 12.1 Å². The Labute approximate surface area is 135 Å². The summed E-state index contributed by atoms with van der Waals surface area (Å²) in [6.45, 7) is 2.38. The average molecular weight is 313 g/mol. The fourth-order valence-electron chi connectivity index (χ4n) is 2.19. The summed E-state index contributed by atoms with van der Waals surface area (Å²) in [5.74, 6) is -0.461. The highest BCUT2D eigenvalue weighted by Gasteiger charge is 2.01. The molecule has 0 bridgehead atoms. The predicted octanol–water partition coefficient (Wildman–Crippen LogP) is 3.08. The van der Waals surface area contributed by atoms with Crippen molar-refractivity contribution in [2.45, 2.75) is 20.0 Å². The van der Waals surface area contributed by atoms with E-state index in [-0.39, 0.29) is 18.3 Å². The summed E-state index contributed by atoms with van der Waals surface area (Å²) in [5, 5.41) is 11.8. The van der Waals surface area contributed by atoms with E-state index in [0.29, 0.717) is 6.54 Å². The number of rotatable bonds is 6. The van der Waals surface area contributed by atoms with Crippen molar-refractivity contribution in [1.82, 2.24) is 5.32 Å². The average Bonchev–Trinajstić information content (AvgIpc) is 2.56. The molecule has 2 rings (SSSR count). The Balaban J connectivity index is 1.84. The Hall–Kier alpha value is -2.46. The van der Waals surface area contributed by atoms with Gasteiger partial charge in [-0.05, 0) is 47.7 Å². The third-order valence-corrected chi connectivity index (χ3v) is 3.57. The molecule has 2 aromatic rings. The molecule has 0 aliphatic carbocycles. The Morgan fingerprint density at radius 3 is 2.30 bits per heavy atom. The summed E-state index contributed by atoms with van der Waals surface area (Å²) >= 11 is 0. The van der Waals surface area contributed by atoms with E-state index in [1.165, 1.54) is 18.2 Å². The molecule has 0 aliphatic rings. The lowest BCUT2D eigenvalue weighted by molar-refractivity contribution is -0.116. The van der Waals surface area contributed by atoms with Gasteiger partial charge in [0, 0.05) is 12.6 Å². The molecule has 0 aromatic heterocycles. The number of halogens is 1. The summed E-state index contributed by atoms with van der Waals surface area (Å²) in [6, 6.07) is 13.7. The van der Waals surface area contributed by atoms with Crippen LogP contribution in [0, 0.1) is 5.82 Å². The van der Waals surface area contributed by atoms with Crippen LogP contribution >= 0.6 is 0 Å². The van der Waals surface area contributed by atoms with Crippen LogP contribution in [0.5, 0.6) is 0 Å². The first kappa shape index (κ1) is 16.9. The van der Waals surface area contributed by atoms with Crippen LogP contribution in [0.4, 0.5) is 4.39 Å². The number of benzene rings is 2. The molecular weight excluding hydrogens is 293 g/mol. The Morgan fingerprint density at radius 2 is 1.70 bits per heavy atom. The largest absolute Gasteiger partial charge is 0.392 e. The van der Waals surface area contributed by atoms with Gasteiger partial charge < -0.3 is 10.4 Å². The highest BCUT2D eigenvalue weighted by molar-refractivity contribution is 5.94. The van der Waals surface area contributed by atoms with Gasteiger partial charge in [0.25, 0.3) is 0 Å². The molecule has 3 nitrogen and oxygen atoms in total. The van der Waals surface area contributed by atoms with Gasteiger partial charge in [-0.3, -0.25) is 4.79 Å². The van der Waals surface area contributed by atoms with Crippen LogP contribution < -0.4 is 5.32 Å². The quantitative estimate of drug-likeness (QED) is 0.805. The van der Waals surface area contributed by atoms with Gasteiger partial charge in [0.05, 0.1) is 6.61 Å². The number of hydrogen-bond donors (Lipinski definition) is 2. The molecular formula is C19H20FNO2.